The van der Waals surface area contributed by atoms with E-state index < -0.39 is 16.1 Å². The van der Waals surface area contributed by atoms with Gasteiger partial charge in [0.25, 0.3) is 0 Å². The number of rotatable bonds is 4. The van der Waals surface area contributed by atoms with Crippen molar-refractivity contribution >= 4 is 39.0 Å². The molecule has 0 aliphatic carbocycles. The van der Waals surface area contributed by atoms with Gasteiger partial charge in [-0.05, 0) is 37.3 Å². The number of sulfonamides is 1. The summed E-state index contributed by atoms with van der Waals surface area (Å²) in [5, 5.41) is 6.00. The summed E-state index contributed by atoms with van der Waals surface area (Å²) >= 11 is 5.16. The number of hydrogen-bond donors (Lipinski definition) is 2. The SMILES string of the molecule is C[C@H]1C[C@H](NC(=S)Nc2cccc(S(=O)(=O)N(C)C)c2)C(=O)O1. The zero-order chi connectivity index (χ0) is 17.2. The number of thiocarbonyl (C=S) groups is 1. The lowest BCUT2D eigenvalue weighted by Gasteiger charge is -2.15. The van der Waals surface area contributed by atoms with E-state index in [-0.39, 0.29) is 22.1 Å². The van der Waals surface area contributed by atoms with Crippen LogP contribution >= 0.6 is 12.2 Å². The Labute approximate surface area is 141 Å². The van der Waals surface area contributed by atoms with Crippen LogP contribution in [0.2, 0.25) is 0 Å². The van der Waals surface area contributed by atoms with Crippen molar-refractivity contribution in [2.45, 2.75) is 30.4 Å². The van der Waals surface area contributed by atoms with Gasteiger partial charge < -0.3 is 15.4 Å². The monoisotopic (exact) mass is 357 g/mol. The number of cyclic esters (lactones) is 1. The lowest BCUT2D eigenvalue weighted by atomic mass is 10.2. The van der Waals surface area contributed by atoms with Crippen LogP contribution in [0, 0.1) is 0 Å². The Bertz CT molecular complexity index is 718. The molecule has 2 N–H and O–H groups in total. The van der Waals surface area contributed by atoms with Crippen LogP contribution < -0.4 is 10.6 Å². The highest BCUT2D eigenvalue weighted by molar-refractivity contribution is 7.89. The van der Waals surface area contributed by atoms with Crippen molar-refractivity contribution in [2.24, 2.45) is 0 Å². The van der Waals surface area contributed by atoms with Gasteiger partial charge in [0.2, 0.25) is 10.0 Å². The fourth-order valence-electron chi connectivity index (χ4n) is 2.15. The third-order valence-corrected chi connectivity index (χ3v) is 5.38. The molecule has 0 amide bonds. The number of hydrogen-bond acceptors (Lipinski definition) is 5. The lowest BCUT2D eigenvalue weighted by Crippen LogP contribution is -2.40. The molecular formula is C14H19N3O4S2. The molecule has 0 unspecified atom stereocenters. The van der Waals surface area contributed by atoms with Gasteiger partial charge in [-0.1, -0.05) is 6.07 Å². The number of nitrogens with one attached hydrogen (secondary N) is 2. The maximum Gasteiger partial charge on any atom is 0.329 e. The van der Waals surface area contributed by atoms with E-state index in [2.05, 4.69) is 10.6 Å². The molecule has 126 valence electrons. The minimum atomic E-state index is -3.52. The third-order valence-electron chi connectivity index (χ3n) is 3.35. The van der Waals surface area contributed by atoms with Crippen LogP contribution in [-0.2, 0) is 19.6 Å². The third kappa shape index (κ3) is 4.18. The summed E-state index contributed by atoms with van der Waals surface area (Å²) in [6.45, 7) is 1.81. The van der Waals surface area contributed by atoms with Crippen LogP contribution in [0.3, 0.4) is 0 Å². The van der Waals surface area contributed by atoms with Crippen LogP contribution in [0.1, 0.15) is 13.3 Å². The van der Waals surface area contributed by atoms with E-state index in [1.54, 1.807) is 12.1 Å². The van der Waals surface area contributed by atoms with Crippen LogP contribution in [-0.4, -0.2) is 50.0 Å². The first-order valence-corrected chi connectivity index (χ1v) is 8.85. The first-order valence-electron chi connectivity index (χ1n) is 7.01. The fraction of sp³-hybridized carbons (Fsp3) is 0.429. The number of nitrogens with zero attached hydrogens (tertiary/aromatic N) is 1. The summed E-state index contributed by atoms with van der Waals surface area (Å²) in [5.74, 6) is -0.342. The molecule has 0 aromatic heterocycles. The van der Waals surface area contributed by atoms with E-state index >= 15 is 0 Å². The molecule has 2 atom stereocenters. The van der Waals surface area contributed by atoms with E-state index in [9.17, 15) is 13.2 Å². The Balaban J connectivity index is 2.06. The van der Waals surface area contributed by atoms with Crippen molar-refractivity contribution in [2.75, 3.05) is 19.4 Å². The predicted molar refractivity (Wildman–Crippen MR) is 90.6 cm³/mol. The normalized spacial score (nSPS) is 21.1. The molecule has 1 aromatic carbocycles. The van der Waals surface area contributed by atoms with Gasteiger partial charge in [0.05, 0.1) is 4.90 Å². The molecule has 9 heteroatoms. The second-order valence-electron chi connectivity index (χ2n) is 5.45. The Kier molecular flexibility index (Phi) is 5.23. The van der Waals surface area contributed by atoms with Gasteiger partial charge in [-0.25, -0.2) is 17.5 Å². The maximum atomic E-state index is 12.1. The van der Waals surface area contributed by atoms with Crippen molar-refractivity contribution in [1.82, 2.24) is 9.62 Å². The summed E-state index contributed by atoms with van der Waals surface area (Å²) in [4.78, 5) is 11.7. The second-order valence-corrected chi connectivity index (χ2v) is 8.01. The van der Waals surface area contributed by atoms with E-state index in [1.807, 2.05) is 6.92 Å². The maximum absolute atomic E-state index is 12.1. The van der Waals surface area contributed by atoms with E-state index in [4.69, 9.17) is 17.0 Å². The van der Waals surface area contributed by atoms with Crippen molar-refractivity contribution in [3.05, 3.63) is 24.3 Å². The van der Waals surface area contributed by atoms with Crippen LogP contribution in [0.15, 0.2) is 29.2 Å². The molecule has 23 heavy (non-hydrogen) atoms. The van der Waals surface area contributed by atoms with Crippen molar-refractivity contribution in [1.29, 1.82) is 0 Å². The van der Waals surface area contributed by atoms with Crippen molar-refractivity contribution < 1.29 is 17.9 Å². The lowest BCUT2D eigenvalue weighted by molar-refractivity contribution is -0.142. The summed E-state index contributed by atoms with van der Waals surface area (Å²) in [6, 6.07) is 5.82. The molecule has 1 aliphatic rings. The van der Waals surface area contributed by atoms with Gasteiger partial charge in [-0.15, -0.1) is 0 Å². The number of anilines is 1. The highest BCUT2D eigenvalue weighted by Gasteiger charge is 2.32. The zero-order valence-corrected chi connectivity index (χ0v) is 14.7. The molecule has 1 saturated heterocycles. The molecule has 1 fully saturated rings. The van der Waals surface area contributed by atoms with Crippen LogP contribution in [0.25, 0.3) is 0 Å². The van der Waals surface area contributed by atoms with Gasteiger partial charge in [0.1, 0.15) is 12.1 Å². The Hall–Kier alpha value is -1.71. The first-order chi connectivity index (χ1) is 10.7. The molecule has 0 spiro atoms. The number of ether oxygens (including phenoxy) is 1. The highest BCUT2D eigenvalue weighted by atomic mass is 32.2. The van der Waals surface area contributed by atoms with Gasteiger partial charge >= 0.3 is 5.97 Å². The quantitative estimate of drug-likeness (QED) is 0.612. The van der Waals surface area contributed by atoms with Gasteiger partial charge in [-0.2, -0.15) is 0 Å². The van der Waals surface area contributed by atoms with Crippen molar-refractivity contribution in [3.8, 4) is 0 Å². The first kappa shape index (κ1) is 17.6. The topological polar surface area (TPSA) is 87.7 Å². The van der Waals surface area contributed by atoms with Crippen LogP contribution in [0.5, 0.6) is 0 Å². The number of esters is 1. The Morgan fingerprint density at radius 3 is 2.65 bits per heavy atom. The largest absolute Gasteiger partial charge is 0.461 e. The highest BCUT2D eigenvalue weighted by Crippen LogP contribution is 2.18. The minimum Gasteiger partial charge on any atom is -0.461 e. The minimum absolute atomic E-state index is 0.142. The van der Waals surface area contributed by atoms with E-state index in [0.717, 1.165) is 4.31 Å². The summed E-state index contributed by atoms with van der Waals surface area (Å²) < 4.78 is 30.4. The predicted octanol–water partition coefficient (Wildman–Crippen LogP) is 0.927. The summed E-state index contributed by atoms with van der Waals surface area (Å²) in [5.41, 5.74) is 0.518. The summed E-state index contributed by atoms with van der Waals surface area (Å²) in [7, 11) is -0.585. The molecule has 1 aliphatic heterocycles. The van der Waals surface area contributed by atoms with Crippen LogP contribution in [0.4, 0.5) is 5.69 Å². The number of carbonyl (C=O) groups excluding carboxylic acids is 1. The van der Waals surface area contributed by atoms with Crippen molar-refractivity contribution in [3.63, 3.8) is 0 Å². The summed E-state index contributed by atoms with van der Waals surface area (Å²) in [6.07, 6.45) is 0.395. The standard InChI is InChI=1S/C14H19N3O4S2/c1-9-7-12(13(18)21-9)16-14(22)15-10-5-4-6-11(8-10)23(19,20)17(2)3/h4-6,8-9,12H,7H2,1-3H3,(H2,15,16,22)/t9-,12-/m0/s1. The Morgan fingerprint density at radius 1 is 1.39 bits per heavy atom. The van der Waals surface area contributed by atoms with E-state index in [0.29, 0.717) is 12.1 Å². The van der Waals surface area contributed by atoms with Gasteiger partial charge in [0, 0.05) is 26.2 Å². The molecule has 0 radical (unpaired) electrons. The fourth-order valence-corrected chi connectivity index (χ4v) is 3.35. The van der Waals surface area contributed by atoms with Gasteiger partial charge in [0.15, 0.2) is 5.11 Å². The number of carbonyl (C=O) groups is 1. The zero-order valence-electron chi connectivity index (χ0n) is 13.1. The molecular weight excluding hydrogens is 338 g/mol. The van der Waals surface area contributed by atoms with Gasteiger partial charge in [-0.3, -0.25) is 0 Å². The average molecular weight is 357 g/mol. The molecule has 2 rings (SSSR count). The molecule has 0 bridgehead atoms. The second kappa shape index (κ2) is 6.81. The average Bonchev–Trinajstić information content (AvgIpc) is 2.76. The number of benzene rings is 1. The molecule has 7 nitrogen and oxygen atoms in total. The molecule has 1 aromatic rings. The molecule has 1 heterocycles. The molecule has 0 saturated carbocycles. The smallest absolute Gasteiger partial charge is 0.329 e. The Morgan fingerprint density at radius 2 is 2.09 bits per heavy atom. The van der Waals surface area contributed by atoms with E-state index in [1.165, 1.54) is 26.2 Å².